The molecule has 0 aromatic heterocycles. The summed E-state index contributed by atoms with van der Waals surface area (Å²) in [5.41, 5.74) is 4.24. The monoisotopic (exact) mass is 378 g/mol. The Kier molecular flexibility index (Phi) is 5.85. The van der Waals surface area contributed by atoms with E-state index in [2.05, 4.69) is 50.3 Å². The number of benzene rings is 2. The van der Waals surface area contributed by atoms with Crippen LogP contribution < -0.4 is 0 Å². The number of allylic oxidation sites excluding steroid dienone is 2. The minimum atomic E-state index is -0.121. The first-order chi connectivity index (χ1) is 13.6. The molecule has 1 atom stereocenters. The van der Waals surface area contributed by atoms with Crippen molar-refractivity contribution in [3.63, 3.8) is 0 Å². The zero-order chi connectivity index (χ0) is 19.5. The summed E-state index contributed by atoms with van der Waals surface area (Å²) in [5.74, 6) is 2.58. The molecule has 4 rings (SSSR count). The Morgan fingerprint density at radius 1 is 0.929 bits per heavy atom. The van der Waals surface area contributed by atoms with Gasteiger partial charge in [-0.15, -0.1) is 0 Å². The van der Waals surface area contributed by atoms with Crippen molar-refractivity contribution in [1.29, 1.82) is 0 Å². The highest BCUT2D eigenvalue weighted by Crippen LogP contribution is 2.36. The average Bonchev–Trinajstić information content (AvgIpc) is 2.74. The molecule has 1 aliphatic heterocycles. The highest BCUT2D eigenvalue weighted by Gasteiger charge is 2.21. The molecule has 1 nitrogen and oxygen atoms in total. The largest absolute Gasteiger partial charge is 0.498 e. The van der Waals surface area contributed by atoms with Gasteiger partial charge in [-0.2, -0.15) is 0 Å². The SMILES string of the molecule is CCC1=CCC(c2ccc(-c3ccc(C4CCC(C)CC4)cc3)cc2F)CO1. The maximum atomic E-state index is 14.8. The molecule has 0 N–H and O–H groups in total. The maximum absolute atomic E-state index is 14.8. The Hall–Kier alpha value is -2.09. The van der Waals surface area contributed by atoms with E-state index in [-0.39, 0.29) is 11.7 Å². The summed E-state index contributed by atoms with van der Waals surface area (Å²) >= 11 is 0. The molecule has 2 aromatic rings. The minimum absolute atomic E-state index is 0.111. The highest BCUT2D eigenvalue weighted by molar-refractivity contribution is 5.64. The van der Waals surface area contributed by atoms with Crippen LogP contribution in [0.25, 0.3) is 11.1 Å². The van der Waals surface area contributed by atoms with E-state index in [1.165, 1.54) is 31.2 Å². The second-order valence-electron chi connectivity index (χ2n) is 8.58. The quantitative estimate of drug-likeness (QED) is 0.532. The molecule has 1 aliphatic carbocycles. The van der Waals surface area contributed by atoms with Gasteiger partial charge in [-0.25, -0.2) is 4.39 Å². The van der Waals surface area contributed by atoms with Gasteiger partial charge in [-0.05, 0) is 65.5 Å². The minimum Gasteiger partial charge on any atom is -0.498 e. The van der Waals surface area contributed by atoms with Crippen LogP contribution in [0.2, 0.25) is 0 Å². The normalized spacial score (nSPS) is 25.1. The van der Waals surface area contributed by atoms with Gasteiger partial charge in [-0.3, -0.25) is 0 Å². The molecule has 2 aromatic carbocycles. The van der Waals surface area contributed by atoms with Crippen molar-refractivity contribution in [3.05, 3.63) is 71.2 Å². The first-order valence-electron chi connectivity index (χ1n) is 10.9. The third-order valence-corrected chi connectivity index (χ3v) is 6.62. The second-order valence-corrected chi connectivity index (χ2v) is 8.58. The van der Waals surface area contributed by atoms with Crippen molar-refractivity contribution in [1.82, 2.24) is 0 Å². The molecule has 0 radical (unpaired) electrons. The topological polar surface area (TPSA) is 9.23 Å². The molecular formula is C26H31FO. The summed E-state index contributed by atoms with van der Waals surface area (Å²) in [4.78, 5) is 0. The maximum Gasteiger partial charge on any atom is 0.127 e. The predicted octanol–water partition coefficient (Wildman–Crippen LogP) is 7.58. The van der Waals surface area contributed by atoms with Gasteiger partial charge < -0.3 is 4.74 Å². The van der Waals surface area contributed by atoms with Gasteiger partial charge in [0.1, 0.15) is 5.82 Å². The Morgan fingerprint density at radius 3 is 2.25 bits per heavy atom. The third kappa shape index (κ3) is 4.16. The smallest absolute Gasteiger partial charge is 0.127 e. The van der Waals surface area contributed by atoms with Crippen LogP contribution >= 0.6 is 0 Å². The second kappa shape index (κ2) is 8.51. The van der Waals surface area contributed by atoms with Gasteiger partial charge in [0, 0.05) is 12.3 Å². The van der Waals surface area contributed by atoms with Crippen molar-refractivity contribution >= 4 is 0 Å². The highest BCUT2D eigenvalue weighted by atomic mass is 19.1. The molecular weight excluding hydrogens is 347 g/mol. The van der Waals surface area contributed by atoms with Crippen LogP contribution in [0.3, 0.4) is 0 Å². The summed E-state index contributed by atoms with van der Waals surface area (Å²) in [6.45, 7) is 5.02. The molecule has 1 heterocycles. The number of hydrogen-bond acceptors (Lipinski definition) is 1. The molecule has 1 fully saturated rings. The standard InChI is InChI=1S/C26H31FO/c1-3-24-14-12-23(17-28-24)25-15-13-22(16-26(25)27)21-10-8-20(9-11-21)19-6-4-18(2)5-7-19/h8-11,13-16,18-19,23H,3-7,12,17H2,1-2H3. The van der Waals surface area contributed by atoms with Gasteiger partial charge in [0.2, 0.25) is 0 Å². The van der Waals surface area contributed by atoms with Crippen molar-refractivity contribution < 1.29 is 9.13 Å². The van der Waals surface area contributed by atoms with E-state index in [4.69, 9.17) is 4.74 Å². The van der Waals surface area contributed by atoms with E-state index in [1.54, 1.807) is 6.07 Å². The fourth-order valence-corrected chi connectivity index (χ4v) is 4.65. The van der Waals surface area contributed by atoms with E-state index in [0.717, 1.165) is 41.2 Å². The van der Waals surface area contributed by atoms with Crippen molar-refractivity contribution in [2.24, 2.45) is 5.92 Å². The molecule has 28 heavy (non-hydrogen) atoms. The van der Waals surface area contributed by atoms with Crippen LogP contribution in [-0.4, -0.2) is 6.61 Å². The van der Waals surface area contributed by atoms with Crippen LogP contribution in [0, 0.1) is 11.7 Å². The number of rotatable bonds is 4. The zero-order valence-electron chi connectivity index (χ0n) is 17.1. The Balaban J connectivity index is 1.47. The molecule has 2 heteroatoms. The lowest BCUT2D eigenvalue weighted by Gasteiger charge is -2.26. The molecule has 2 aliphatic rings. The van der Waals surface area contributed by atoms with Crippen LogP contribution in [-0.2, 0) is 4.74 Å². The van der Waals surface area contributed by atoms with Crippen LogP contribution in [0.15, 0.2) is 54.3 Å². The molecule has 1 unspecified atom stereocenters. The van der Waals surface area contributed by atoms with E-state index in [0.29, 0.717) is 12.5 Å². The Morgan fingerprint density at radius 2 is 1.64 bits per heavy atom. The van der Waals surface area contributed by atoms with Crippen LogP contribution in [0.4, 0.5) is 4.39 Å². The van der Waals surface area contributed by atoms with Crippen LogP contribution in [0.1, 0.15) is 75.3 Å². The van der Waals surface area contributed by atoms with E-state index in [9.17, 15) is 4.39 Å². The lowest BCUT2D eigenvalue weighted by molar-refractivity contribution is 0.167. The van der Waals surface area contributed by atoms with Crippen molar-refractivity contribution in [2.75, 3.05) is 6.61 Å². The number of halogens is 1. The lowest BCUT2D eigenvalue weighted by atomic mass is 9.79. The van der Waals surface area contributed by atoms with E-state index < -0.39 is 0 Å². The fourth-order valence-electron chi connectivity index (χ4n) is 4.65. The summed E-state index contributed by atoms with van der Waals surface area (Å²) < 4.78 is 20.6. The van der Waals surface area contributed by atoms with Crippen molar-refractivity contribution in [2.45, 2.75) is 64.2 Å². The third-order valence-electron chi connectivity index (χ3n) is 6.62. The number of ether oxygens (including phenoxy) is 1. The first kappa shape index (κ1) is 19.2. The van der Waals surface area contributed by atoms with Crippen LogP contribution in [0.5, 0.6) is 0 Å². The Bertz CT molecular complexity index is 828. The summed E-state index contributed by atoms with van der Waals surface area (Å²) in [6.07, 6.45) is 9.12. The van der Waals surface area contributed by atoms with Gasteiger partial charge >= 0.3 is 0 Å². The Labute approximate surface area is 168 Å². The molecule has 0 saturated heterocycles. The fraction of sp³-hybridized carbons (Fsp3) is 0.462. The summed E-state index contributed by atoms with van der Waals surface area (Å²) in [6, 6.07) is 14.5. The lowest BCUT2D eigenvalue weighted by Crippen LogP contribution is -2.13. The van der Waals surface area contributed by atoms with Crippen molar-refractivity contribution in [3.8, 4) is 11.1 Å². The predicted molar refractivity (Wildman–Crippen MR) is 114 cm³/mol. The van der Waals surface area contributed by atoms with Gasteiger partial charge in [0.05, 0.1) is 12.4 Å². The molecule has 0 spiro atoms. The number of hydrogen-bond donors (Lipinski definition) is 0. The zero-order valence-corrected chi connectivity index (χ0v) is 17.1. The van der Waals surface area contributed by atoms with Gasteiger partial charge in [0.15, 0.2) is 0 Å². The molecule has 0 amide bonds. The van der Waals surface area contributed by atoms with Gasteiger partial charge in [-0.1, -0.05) is 63.1 Å². The van der Waals surface area contributed by atoms with E-state index in [1.807, 2.05) is 6.07 Å². The summed E-state index contributed by atoms with van der Waals surface area (Å²) in [5, 5.41) is 0. The average molecular weight is 379 g/mol. The first-order valence-corrected chi connectivity index (χ1v) is 10.9. The van der Waals surface area contributed by atoms with E-state index >= 15 is 0 Å². The molecule has 1 saturated carbocycles. The molecule has 0 bridgehead atoms. The summed E-state index contributed by atoms with van der Waals surface area (Å²) in [7, 11) is 0. The molecule has 148 valence electrons. The van der Waals surface area contributed by atoms with Gasteiger partial charge in [0.25, 0.3) is 0 Å².